The highest BCUT2D eigenvalue weighted by Gasteiger charge is 2.29. The Kier molecular flexibility index (Phi) is 3.75. The summed E-state index contributed by atoms with van der Waals surface area (Å²) in [5, 5.41) is 0. The van der Waals surface area contributed by atoms with Crippen molar-refractivity contribution in [1.29, 1.82) is 0 Å². The fraction of sp³-hybridized carbons (Fsp3) is 0.0952. The number of guanidine groups is 1. The maximum absolute atomic E-state index is 6.35. The summed E-state index contributed by atoms with van der Waals surface area (Å²) in [5.41, 5.74) is 10.9. The topological polar surface area (TPSA) is 41.6 Å². The van der Waals surface area contributed by atoms with Crippen molar-refractivity contribution < 1.29 is 0 Å². The van der Waals surface area contributed by atoms with Gasteiger partial charge in [-0.15, -0.1) is 0 Å². The van der Waals surface area contributed by atoms with Gasteiger partial charge in [-0.1, -0.05) is 78.9 Å². The summed E-state index contributed by atoms with van der Waals surface area (Å²) in [6, 6.07) is 29.2. The number of aliphatic imine (C=N–C) groups is 1. The molecule has 118 valence electrons. The molecule has 1 heterocycles. The predicted octanol–water partition coefficient (Wildman–Crippen LogP) is 4.24. The normalized spacial score (nSPS) is 16.4. The fourth-order valence-electron chi connectivity index (χ4n) is 3.26. The van der Waals surface area contributed by atoms with Gasteiger partial charge in [0.1, 0.15) is 0 Å². The van der Waals surface area contributed by atoms with E-state index >= 15 is 0 Å². The van der Waals surface area contributed by atoms with Gasteiger partial charge >= 0.3 is 0 Å². The molecule has 1 atom stereocenters. The van der Waals surface area contributed by atoms with Crippen LogP contribution in [-0.4, -0.2) is 10.9 Å². The number of benzene rings is 3. The van der Waals surface area contributed by atoms with Crippen molar-refractivity contribution in [3.05, 3.63) is 102 Å². The van der Waals surface area contributed by atoms with Gasteiger partial charge in [0.15, 0.2) is 5.96 Å². The second-order valence-corrected chi connectivity index (χ2v) is 5.96. The second-order valence-electron chi connectivity index (χ2n) is 5.96. The van der Waals surface area contributed by atoms with E-state index in [-0.39, 0.29) is 6.04 Å². The zero-order chi connectivity index (χ0) is 16.4. The molecule has 2 N–H and O–H groups in total. The Bertz CT molecular complexity index is 857. The minimum absolute atomic E-state index is 0.0695. The molecule has 4 rings (SSSR count). The van der Waals surface area contributed by atoms with Gasteiger partial charge in [0.25, 0.3) is 0 Å². The van der Waals surface area contributed by atoms with E-state index in [1.54, 1.807) is 0 Å². The Hall–Kier alpha value is -3.07. The standard InChI is InChI=1S/C21H19N3/c22-21-23-19-14-8-7-13-18(19)20(17-11-5-2-6-12-17)24(21)15-16-9-3-1-4-10-16/h1-14,20H,15H2,(H2,22,23)/t20-/m1/s1. The first-order valence-electron chi connectivity index (χ1n) is 8.11. The molecule has 0 radical (unpaired) electrons. The van der Waals surface area contributed by atoms with Gasteiger partial charge in [-0.05, 0) is 17.2 Å². The number of hydrogen-bond donors (Lipinski definition) is 1. The molecule has 3 aromatic rings. The summed E-state index contributed by atoms with van der Waals surface area (Å²) in [6.45, 7) is 0.726. The Balaban J connectivity index is 1.81. The average Bonchev–Trinajstić information content (AvgIpc) is 2.64. The summed E-state index contributed by atoms with van der Waals surface area (Å²) in [7, 11) is 0. The summed E-state index contributed by atoms with van der Waals surface area (Å²) in [5.74, 6) is 0.561. The van der Waals surface area contributed by atoms with E-state index < -0.39 is 0 Å². The SMILES string of the molecule is NC1=Nc2ccccc2[C@@H](c2ccccc2)N1Cc1ccccc1. The van der Waals surface area contributed by atoms with Crippen LogP contribution in [-0.2, 0) is 6.54 Å². The second kappa shape index (κ2) is 6.20. The van der Waals surface area contributed by atoms with Crippen LogP contribution >= 0.6 is 0 Å². The predicted molar refractivity (Wildman–Crippen MR) is 98.0 cm³/mol. The number of rotatable bonds is 3. The molecule has 0 spiro atoms. The Morgan fingerprint density at radius 2 is 1.42 bits per heavy atom. The van der Waals surface area contributed by atoms with Crippen LogP contribution in [0.1, 0.15) is 22.7 Å². The largest absolute Gasteiger partial charge is 0.369 e. The lowest BCUT2D eigenvalue weighted by Crippen LogP contribution is -2.42. The maximum Gasteiger partial charge on any atom is 0.197 e. The maximum atomic E-state index is 6.35. The molecule has 3 nitrogen and oxygen atoms in total. The van der Waals surface area contributed by atoms with Crippen molar-refractivity contribution in [1.82, 2.24) is 4.90 Å². The number of para-hydroxylation sites is 1. The lowest BCUT2D eigenvalue weighted by molar-refractivity contribution is 0.340. The summed E-state index contributed by atoms with van der Waals surface area (Å²) < 4.78 is 0. The van der Waals surface area contributed by atoms with Crippen molar-refractivity contribution in [3.63, 3.8) is 0 Å². The van der Waals surface area contributed by atoms with Crippen LogP contribution in [0.4, 0.5) is 5.69 Å². The summed E-state index contributed by atoms with van der Waals surface area (Å²) >= 11 is 0. The first-order chi connectivity index (χ1) is 11.8. The van der Waals surface area contributed by atoms with Gasteiger partial charge in [0.05, 0.1) is 11.7 Å². The highest BCUT2D eigenvalue weighted by molar-refractivity contribution is 5.85. The molecule has 24 heavy (non-hydrogen) atoms. The van der Waals surface area contributed by atoms with E-state index in [9.17, 15) is 0 Å². The molecule has 0 fully saturated rings. The van der Waals surface area contributed by atoms with Gasteiger partial charge < -0.3 is 10.6 Å². The minimum Gasteiger partial charge on any atom is -0.369 e. The average molecular weight is 313 g/mol. The van der Waals surface area contributed by atoms with E-state index in [1.807, 2.05) is 24.3 Å². The summed E-state index contributed by atoms with van der Waals surface area (Å²) in [6.07, 6.45) is 0. The van der Waals surface area contributed by atoms with Crippen LogP contribution in [0.25, 0.3) is 0 Å². The number of hydrogen-bond acceptors (Lipinski definition) is 3. The number of fused-ring (bicyclic) bond motifs is 1. The van der Waals surface area contributed by atoms with Gasteiger partial charge in [0.2, 0.25) is 0 Å². The van der Waals surface area contributed by atoms with Crippen molar-refractivity contribution in [2.45, 2.75) is 12.6 Å². The van der Waals surface area contributed by atoms with Gasteiger partial charge in [-0.2, -0.15) is 0 Å². The van der Waals surface area contributed by atoms with Crippen molar-refractivity contribution in [3.8, 4) is 0 Å². The number of nitrogens with zero attached hydrogens (tertiary/aromatic N) is 2. The molecule has 0 aliphatic carbocycles. The zero-order valence-corrected chi connectivity index (χ0v) is 13.3. The third-order valence-electron chi connectivity index (χ3n) is 4.38. The third kappa shape index (κ3) is 2.65. The van der Waals surface area contributed by atoms with Crippen molar-refractivity contribution in [2.75, 3.05) is 0 Å². The molecule has 3 heteroatoms. The van der Waals surface area contributed by atoms with E-state index in [1.165, 1.54) is 16.7 Å². The highest BCUT2D eigenvalue weighted by Crippen LogP contribution is 2.38. The Morgan fingerprint density at radius 1 is 0.792 bits per heavy atom. The van der Waals surface area contributed by atoms with Crippen LogP contribution in [0.3, 0.4) is 0 Å². The zero-order valence-electron chi connectivity index (χ0n) is 13.3. The van der Waals surface area contributed by atoms with Crippen LogP contribution in [0, 0.1) is 0 Å². The first kappa shape index (κ1) is 14.5. The fourth-order valence-corrected chi connectivity index (χ4v) is 3.26. The monoisotopic (exact) mass is 313 g/mol. The molecular weight excluding hydrogens is 294 g/mol. The molecule has 0 saturated carbocycles. The lowest BCUT2D eigenvalue weighted by Gasteiger charge is -2.37. The molecule has 0 saturated heterocycles. The van der Waals surface area contributed by atoms with Gasteiger partial charge in [-0.3, -0.25) is 0 Å². The van der Waals surface area contributed by atoms with Crippen LogP contribution in [0.2, 0.25) is 0 Å². The molecular formula is C21H19N3. The van der Waals surface area contributed by atoms with Crippen LogP contribution in [0.15, 0.2) is 89.9 Å². The Labute approximate surface area is 142 Å². The molecule has 3 aromatic carbocycles. The summed E-state index contributed by atoms with van der Waals surface area (Å²) in [4.78, 5) is 6.79. The minimum atomic E-state index is 0.0695. The van der Waals surface area contributed by atoms with E-state index in [4.69, 9.17) is 5.73 Å². The van der Waals surface area contributed by atoms with E-state index in [2.05, 4.69) is 70.6 Å². The molecule has 0 aromatic heterocycles. The quantitative estimate of drug-likeness (QED) is 0.786. The molecule has 0 bridgehead atoms. The van der Waals surface area contributed by atoms with Crippen molar-refractivity contribution in [2.24, 2.45) is 10.7 Å². The smallest absolute Gasteiger partial charge is 0.197 e. The molecule has 1 aliphatic heterocycles. The third-order valence-corrected chi connectivity index (χ3v) is 4.38. The molecule has 0 unspecified atom stereocenters. The van der Waals surface area contributed by atoms with E-state index in [0.29, 0.717) is 5.96 Å². The molecule has 0 amide bonds. The highest BCUT2D eigenvalue weighted by atomic mass is 15.3. The van der Waals surface area contributed by atoms with Gasteiger partial charge in [0, 0.05) is 12.1 Å². The Morgan fingerprint density at radius 3 is 2.17 bits per heavy atom. The van der Waals surface area contributed by atoms with Crippen molar-refractivity contribution >= 4 is 11.6 Å². The van der Waals surface area contributed by atoms with E-state index in [0.717, 1.165) is 12.2 Å². The van der Waals surface area contributed by atoms with Crippen LogP contribution in [0.5, 0.6) is 0 Å². The molecule has 1 aliphatic rings. The van der Waals surface area contributed by atoms with Gasteiger partial charge in [-0.25, -0.2) is 4.99 Å². The number of nitrogens with two attached hydrogens (primary N) is 1. The lowest BCUT2D eigenvalue weighted by atomic mass is 9.94. The first-order valence-corrected chi connectivity index (χ1v) is 8.11. The van der Waals surface area contributed by atoms with Crippen LogP contribution < -0.4 is 5.73 Å².